The highest BCUT2D eigenvalue weighted by Gasteiger charge is 2.22. The van der Waals surface area contributed by atoms with Crippen molar-refractivity contribution in [3.8, 4) is 0 Å². The second kappa shape index (κ2) is 4.06. The van der Waals surface area contributed by atoms with Gasteiger partial charge in [-0.3, -0.25) is 9.59 Å². The van der Waals surface area contributed by atoms with Crippen molar-refractivity contribution in [1.82, 2.24) is 0 Å². The van der Waals surface area contributed by atoms with Gasteiger partial charge >= 0.3 is 0 Å². The molecule has 0 N–H and O–H groups in total. The van der Waals surface area contributed by atoms with Crippen LogP contribution in [0.1, 0.15) is 13.3 Å². The molecule has 64 valence electrons. The van der Waals surface area contributed by atoms with Crippen LogP contribution in [0.25, 0.3) is 0 Å². The van der Waals surface area contributed by atoms with Crippen LogP contribution < -0.4 is 0 Å². The number of hydrogen-bond acceptors (Lipinski definition) is 3. The van der Waals surface area contributed by atoms with Crippen molar-refractivity contribution >= 4 is 29.3 Å². The molecule has 4 heteroatoms. The first-order valence-electron chi connectivity index (χ1n) is 3.63. The lowest BCUT2D eigenvalue weighted by atomic mass is 10.3. The number of hydrogen-bond donors (Lipinski definition) is 0. The molecule has 0 aromatic heterocycles. The minimum absolute atomic E-state index is 0.252. The Bertz CT molecular complexity index is 172. The summed E-state index contributed by atoms with van der Waals surface area (Å²) < 4.78 is 0. The second-order valence-corrected chi connectivity index (χ2v) is 12.4. The quantitative estimate of drug-likeness (QED) is 0.504. The predicted molar refractivity (Wildman–Crippen MR) is 51.2 cm³/mol. The molecule has 0 aliphatic rings. The van der Waals surface area contributed by atoms with Crippen LogP contribution in [-0.2, 0) is 9.59 Å². The highest BCUT2D eigenvalue weighted by Crippen LogP contribution is 2.20. The van der Waals surface area contributed by atoms with E-state index < -0.39 is 7.22 Å². The Labute approximate surface area is 72.4 Å². The van der Waals surface area contributed by atoms with Gasteiger partial charge in [0.1, 0.15) is 7.22 Å². The molecule has 11 heavy (non-hydrogen) atoms. The van der Waals surface area contributed by atoms with Gasteiger partial charge in [-0.25, -0.2) is 0 Å². The molecular weight excluding hydrogens is 176 g/mol. The Morgan fingerprint density at radius 1 is 1.27 bits per heavy atom. The predicted octanol–water partition coefficient (Wildman–Crippen LogP) is 2.06. The fraction of sp³-hybridized carbons (Fsp3) is 0.714. The van der Waals surface area contributed by atoms with Crippen molar-refractivity contribution in [2.75, 3.05) is 0 Å². The molecule has 0 saturated heterocycles. The van der Waals surface area contributed by atoms with E-state index in [1.165, 1.54) is 11.2 Å². The molecule has 0 unspecified atom stereocenters. The van der Waals surface area contributed by atoms with Gasteiger partial charge in [-0.05, 0) is 0 Å². The Morgan fingerprint density at radius 3 is 2.00 bits per heavy atom. The third-order valence-electron chi connectivity index (χ3n) is 0.948. The zero-order valence-electron chi connectivity index (χ0n) is 7.43. The molecule has 0 bridgehead atoms. The van der Waals surface area contributed by atoms with E-state index in [1.807, 2.05) is 0 Å². The number of rotatable bonds is 3. The van der Waals surface area contributed by atoms with Crippen LogP contribution in [0.4, 0.5) is 0 Å². The van der Waals surface area contributed by atoms with Crippen molar-refractivity contribution in [2.24, 2.45) is 0 Å². The summed E-state index contributed by atoms with van der Waals surface area (Å²) in [5, 5.41) is -0.258. The zero-order valence-corrected chi connectivity index (χ0v) is 9.25. The Morgan fingerprint density at radius 2 is 1.73 bits per heavy atom. The maximum atomic E-state index is 11.0. The third kappa shape index (κ3) is 5.21. The monoisotopic (exact) mass is 190 g/mol. The minimum atomic E-state index is -1.45. The fourth-order valence-corrected chi connectivity index (χ4v) is 3.30. The summed E-state index contributed by atoms with van der Waals surface area (Å²) in [5.41, 5.74) is 0. The summed E-state index contributed by atoms with van der Waals surface area (Å²) >= 11 is 1.24. The molecule has 0 heterocycles. The fourth-order valence-electron chi connectivity index (χ4n) is 0.479. The van der Waals surface area contributed by atoms with E-state index in [2.05, 4.69) is 19.6 Å². The third-order valence-corrected chi connectivity index (χ3v) is 4.37. The number of carbonyl (C=O) groups excluding carboxylic acids is 2. The lowest BCUT2D eigenvalue weighted by Crippen LogP contribution is -2.21. The Hall–Kier alpha value is -0.0931. The lowest BCUT2D eigenvalue weighted by molar-refractivity contribution is -0.131. The van der Waals surface area contributed by atoms with E-state index >= 15 is 0 Å². The van der Waals surface area contributed by atoms with Gasteiger partial charge in [-0.15, -0.1) is 11.2 Å². The molecule has 0 aromatic carbocycles. The van der Waals surface area contributed by atoms with Crippen molar-refractivity contribution in [1.29, 1.82) is 0 Å². The van der Waals surface area contributed by atoms with Gasteiger partial charge in [0.25, 0.3) is 0 Å². The normalized spacial score (nSPS) is 11.3. The summed E-state index contributed by atoms with van der Waals surface area (Å²) in [6, 6.07) is 0. The van der Waals surface area contributed by atoms with Gasteiger partial charge in [0.15, 0.2) is 0 Å². The van der Waals surface area contributed by atoms with Crippen LogP contribution in [0.2, 0.25) is 19.6 Å². The van der Waals surface area contributed by atoms with Crippen LogP contribution in [0, 0.1) is 0 Å². The van der Waals surface area contributed by atoms with Crippen molar-refractivity contribution in [3.63, 3.8) is 0 Å². The largest absolute Gasteiger partial charge is 0.290 e. The van der Waals surface area contributed by atoms with Gasteiger partial charge < -0.3 is 0 Å². The van der Waals surface area contributed by atoms with E-state index in [0.717, 1.165) is 0 Å². The van der Waals surface area contributed by atoms with E-state index in [4.69, 9.17) is 0 Å². The van der Waals surface area contributed by atoms with E-state index in [0.29, 0.717) is 6.42 Å². The van der Waals surface area contributed by atoms with Crippen molar-refractivity contribution in [2.45, 2.75) is 33.0 Å². The van der Waals surface area contributed by atoms with Gasteiger partial charge in [0.2, 0.25) is 10.9 Å². The van der Waals surface area contributed by atoms with Crippen LogP contribution in [0.15, 0.2) is 0 Å². The van der Waals surface area contributed by atoms with E-state index in [-0.39, 0.29) is 10.9 Å². The Balaban J connectivity index is 3.99. The molecule has 0 saturated carbocycles. The average Bonchev–Trinajstić information content (AvgIpc) is 1.82. The van der Waals surface area contributed by atoms with Crippen LogP contribution >= 0.6 is 11.2 Å². The number of carbonyl (C=O) groups is 2. The maximum absolute atomic E-state index is 11.0. The second-order valence-electron chi connectivity index (χ2n) is 3.28. The van der Waals surface area contributed by atoms with Crippen LogP contribution in [0.5, 0.6) is 0 Å². The van der Waals surface area contributed by atoms with Gasteiger partial charge in [-0.2, -0.15) is 0 Å². The first kappa shape index (κ1) is 10.9. The number of ketones is 1. The van der Waals surface area contributed by atoms with E-state index in [1.54, 1.807) is 6.92 Å². The van der Waals surface area contributed by atoms with Crippen LogP contribution in [0.3, 0.4) is 0 Å². The van der Waals surface area contributed by atoms with Gasteiger partial charge in [-0.1, -0.05) is 26.6 Å². The summed E-state index contributed by atoms with van der Waals surface area (Å²) in [7, 11) is -1.45. The first-order valence-corrected chi connectivity index (χ1v) is 8.67. The molecule has 0 amide bonds. The summed E-state index contributed by atoms with van der Waals surface area (Å²) in [5.74, 6) is -0.252. The summed E-state index contributed by atoms with van der Waals surface area (Å²) in [6.45, 7) is 7.88. The highest BCUT2D eigenvalue weighted by molar-refractivity contribution is 8.40. The molecule has 0 aromatic rings. The average molecular weight is 190 g/mol. The highest BCUT2D eigenvalue weighted by atomic mass is 32.4. The maximum Gasteiger partial charge on any atom is 0.249 e. The Kier molecular flexibility index (Phi) is 4.03. The molecule has 0 radical (unpaired) electrons. The van der Waals surface area contributed by atoms with Crippen molar-refractivity contribution < 1.29 is 9.59 Å². The molecule has 0 aliphatic carbocycles. The molecular formula is C7H14O2SSi. The smallest absolute Gasteiger partial charge is 0.249 e. The first-order chi connectivity index (χ1) is 4.87. The van der Waals surface area contributed by atoms with Crippen LogP contribution in [-0.4, -0.2) is 18.1 Å². The zero-order chi connectivity index (χ0) is 9.07. The topological polar surface area (TPSA) is 34.1 Å². The SMILES string of the molecule is CCC(=O)C(=O)S[Si](C)(C)C. The molecule has 2 nitrogen and oxygen atoms in total. The van der Waals surface area contributed by atoms with Gasteiger partial charge in [0, 0.05) is 6.42 Å². The molecule has 0 atom stereocenters. The molecule has 0 spiro atoms. The molecule has 0 fully saturated rings. The molecule has 0 rings (SSSR count). The van der Waals surface area contributed by atoms with Crippen molar-refractivity contribution in [3.05, 3.63) is 0 Å². The summed E-state index contributed by atoms with van der Waals surface area (Å²) in [4.78, 5) is 21.9. The molecule has 0 aliphatic heterocycles. The van der Waals surface area contributed by atoms with Gasteiger partial charge in [0.05, 0.1) is 0 Å². The van der Waals surface area contributed by atoms with E-state index in [9.17, 15) is 9.59 Å². The standard InChI is InChI=1S/C7H14O2SSi/c1-5-6(8)7(9)10-11(2,3)4/h5H2,1-4H3. The number of Topliss-reactive ketones (excluding diaryl/α,β-unsaturated/α-hetero) is 1. The lowest BCUT2D eigenvalue weighted by Gasteiger charge is -2.11. The summed E-state index contributed by atoms with van der Waals surface area (Å²) in [6.07, 6.45) is 0.330. The minimum Gasteiger partial charge on any atom is -0.290 e.